The minimum absolute atomic E-state index is 0.0634. The van der Waals surface area contributed by atoms with Crippen LogP contribution in [0.3, 0.4) is 0 Å². The molecule has 1 aromatic carbocycles. The minimum atomic E-state index is 0.0634. The molecule has 0 saturated heterocycles. The molecule has 24 heavy (non-hydrogen) atoms. The third kappa shape index (κ3) is 4.25. The summed E-state index contributed by atoms with van der Waals surface area (Å²) in [5.41, 5.74) is 2.25. The highest BCUT2D eigenvalue weighted by Crippen LogP contribution is 2.24. The summed E-state index contributed by atoms with van der Waals surface area (Å²) in [7, 11) is 0. The predicted octanol–water partition coefficient (Wildman–Crippen LogP) is 3.20. The van der Waals surface area contributed by atoms with Crippen molar-refractivity contribution in [2.45, 2.75) is 32.2 Å². The maximum Gasteiger partial charge on any atom is 0.196 e. The van der Waals surface area contributed by atoms with E-state index in [9.17, 15) is 0 Å². The average Bonchev–Trinajstić information content (AvgIpc) is 3.01. The smallest absolute Gasteiger partial charge is 0.196 e. The second kappa shape index (κ2) is 6.91. The number of aromatic nitrogens is 1. The highest BCUT2D eigenvalue weighted by Gasteiger charge is 2.19. The van der Waals surface area contributed by atoms with Crippen molar-refractivity contribution in [2.24, 2.45) is 4.99 Å². The Hall–Kier alpha value is -2.56. The van der Waals surface area contributed by atoms with Gasteiger partial charge < -0.3 is 15.4 Å². The fourth-order valence-corrected chi connectivity index (χ4v) is 2.42. The molecule has 0 radical (unpaired) electrons. The Labute approximate surface area is 143 Å². The zero-order valence-electron chi connectivity index (χ0n) is 14.4. The molecule has 2 aromatic rings. The maximum absolute atomic E-state index is 5.90. The van der Waals surface area contributed by atoms with Crippen LogP contribution in [-0.4, -0.2) is 30.1 Å². The lowest BCUT2D eigenvalue weighted by molar-refractivity contribution is 0.284. The summed E-state index contributed by atoms with van der Waals surface area (Å²) in [5, 5.41) is 6.62. The van der Waals surface area contributed by atoms with E-state index in [-0.39, 0.29) is 11.5 Å². The van der Waals surface area contributed by atoms with Crippen molar-refractivity contribution in [1.29, 1.82) is 0 Å². The molecule has 126 valence electrons. The largest absolute Gasteiger partial charge is 0.490 e. The highest BCUT2D eigenvalue weighted by atomic mass is 16.5. The molecule has 0 amide bonds. The number of ether oxygens (including phenoxy) is 1. The first-order valence-corrected chi connectivity index (χ1v) is 8.22. The van der Waals surface area contributed by atoms with Gasteiger partial charge in [0.2, 0.25) is 0 Å². The zero-order chi connectivity index (χ0) is 17.0. The van der Waals surface area contributed by atoms with Crippen LogP contribution in [0.1, 0.15) is 26.3 Å². The Morgan fingerprint density at radius 2 is 2.00 bits per heavy atom. The van der Waals surface area contributed by atoms with Crippen LogP contribution in [0, 0.1) is 0 Å². The molecule has 0 unspecified atom stereocenters. The number of pyridine rings is 1. The molecule has 1 aromatic heterocycles. The maximum atomic E-state index is 5.90. The van der Waals surface area contributed by atoms with Gasteiger partial charge in [0, 0.05) is 11.9 Å². The van der Waals surface area contributed by atoms with Gasteiger partial charge in [-0.15, -0.1) is 0 Å². The Kier molecular flexibility index (Phi) is 4.69. The van der Waals surface area contributed by atoms with E-state index in [0.717, 1.165) is 17.4 Å². The van der Waals surface area contributed by atoms with Crippen molar-refractivity contribution in [1.82, 2.24) is 10.3 Å². The van der Waals surface area contributed by atoms with Crippen LogP contribution >= 0.6 is 0 Å². The Morgan fingerprint density at radius 3 is 2.75 bits per heavy atom. The molecule has 0 fully saturated rings. The lowest BCUT2D eigenvalue weighted by Gasteiger charge is -2.19. The van der Waals surface area contributed by atoms with E-state index in [1.165, 1.54) is 5.56 Å². The number of guanidine groups is 1. The topological polar surface area (TPSA) is 58.5 Å². The van der Waals surface area contributed by atoms with Crippen LogP contribution in [-0.2, 0) is 5.41 Å². The Morgan fingerprint density at radius 1 is 1.21 bits per heavy atom. The summed E-state index contributed by atoms with van der Waals surface area (Å²) >= 11 is 0. The first-order chi connectivity index (χ1) is 11.5. The molecule has 0 bridgehead atoms. The molecule has 2 N–H and O–H groups in total. The van der Waals surface area contributed by atoms with E-state index in [2.05, 4.69) is 47.4 Å². The molecule has 0 spiro atoms. The SMILES string of the molecule is CC(C)(C)c1cncc(OC[C@@H]2CN=C(Nc3ccccc3)N2)c1. The van der Waals surface area contributed by atoms with Crippen molar-refractivity contribution in [3.8, 4) is 5.75 Å². The molecule has 2 heterocycles. The lowest BCUT2D eigenvalue weighted by Crippen LogP contribution is -2.38. The first-order valence-electron chi connectivity index (χ1n) is 8.22. The van der Waals surface area contributed by atoms with Crippen molar-refractivity contribution in [2.75, 3.05) is 18.5 Å². The van der Waals surface area contributed by atoms with Crippen molar-refractivity contribution in [3.63, 3.8) is 0 Å². The van der Waals surface area contributed by atoms with Crippen LogP contribution in [0.4, 0.5) is 5.69 Å². The van der Waals surface area contributed by atoms with E-state index in [1.54, 1.807) is 6.20 Å². The predicted molar refractivity (Wildman–Crippen MR) is 97.7 cm³/mol. The molecule has 1 atom stereocenters. The van der Waals surface area contributed by atoms with Crippen molar-refractivity contribution in [3.05, 3.63) is 54.4 Å². The molecule has 1 aliphatic rings. The molecule has 5 nitrogen and oxygen atoms in total. The summed E-state index contributed by atoms with van der Waals surface area (Å²) in [6.45, 7) is 7.76. The third-order valence-electron chi connectivity index (χ3n) is 3.88. The summed E-state index contributed by atoms with van der Waals surface area (Å²) < 4.78 is 5.90. The fourth-order valence-electron chi connectivity index (χ4n) is 2.42. The van der Waals surface area contributed by atoms with E-state index in [0.29, 0.717) is 13.2 Å². The molecular weight excluding hydrogens is 300 g/mol. The summed E-state index contributed by atoms with van der Waals surface area (Å²) in [6, 6.07) is 12.2. The second-order valence-electron chi connectivity index (χ2n) is 6.99. The van der Waals surface area contributed by atoms with E-state index >= 15 is 0 Å². The van der Waals surface area contributed by atoms with Gasteiger partial charge in [0.05, 0.1) is 18.8 Å². The number of rotatable bonds is 4. The molecule has 0 saturated carbocycles. The molecule has 1 aliphatic heterocycles. The van der Waals surface area contributed by atoms with Gasteiger partial charge >= 0.3 is 0 Å². The number of nitrogens with one attached hydrogen (secondary N) is 2. The van der Waals surface area contributed by atoms with Gasteiger partial charge in [0.15, 0.2) is 5.96 Å². The number of anilines is 1. The van der Waals surface area contributed by atoms with Gasteiger partial charge in [-0.05, 0) is 29.2 Å². The van der Waals surface area contributed by atoms with Gasteiger partial charge in [0.25, 0.3) is 0 Å². The van der Waals surface area contributed by atoms with E-state index in [1.807, 2.05) is 36.5 Å². The van der Waals surface area contributed by atoms with Gasteiger partial charge in [-0.25, -0.2) is 0 Å². The summed E-state index contributed by atoms with van der Waals surface area (Å²) in [6.07, 6.45) is 3.65. The van der Waals surface area contributed by atoms with Crippen LogP contribution in [0.5, 0.6) is 5.75 Å². The first kappa shape index (κ1) is 16.3. The Bertz CT molecular complexity index is 707. The number of nitrogens with zero attached hydrogens (tertiary/aromatic N) is 2. The molecule has 3 rings (SSSR count). The number of para-hydroxylation sites is 1. The van der Waals surface area contributed by atoms with Gasteiger partial charge in [0.1, 0.15) is 12.4 Å². The third-order valence-corrected chi connectivity index (χ3v) is 3.88. The highest BCUT2D eigenvalue weighted by molar-refractivity contribution is 5.94. The number of benzene rings is 1. The quantitative estimate of drug-likeness (QED) is 0.907. The zero-order valence-corrected chi connectivity index (χ0v) is 14.4. The van der Waals surface area contributed by atoms with E-state index in [4.69, 9.17) is 4.74 Å². The van der Waals surface area contributed by atoms with Gasteiger partial charge in [-0.1, -0.05) is 39.0 Å². The lowest BCUT2D eigenvalue weighted by atomic mass is 9.88. The fraction of sp³-hybridized carbons (Fsp3) is 0.368. The number of hydrogen-bond donors (Lipinski definition) is 2. The summed E-state index contributed by atoms with van der Waals surface area (Å²) in [4.78, 5) is 8.76. The normalized spacial score (nSPS) is 17.1. The van der Waals surface area contributed by atoms with Crippen LogP contribution in [0.25, 0.3) is 0 Å². The molecule has 0 aliphatic carbocycles. The number of hydrogen-bond acceptors (Lipinski definition) is 5. The van der Waals surface area contributed by atoms with Gasteiger partial charge in [-0.3, -0.25) is 9.98 Å². The van der Waals surface area contributed by atoms with Crippen molar-refractivity contribution < 1.29 is 4.74 Å². The summed E-state index contributed by atoms with van der Waals surface area (Å²) in [5.74, 6) is 1.59. The van der Waals surface area contributed by atoms with Gasteiger partial charge in [-0.2, -0.15) is 0 Å². The molecule has 5 heteroatoms. The van der Waals surface area contributed by atoms with Crippen molar-refractivity contribution >= 4 is 11.6 Å². The monoisotopic (exact) mass is 324 g/mol. The van der Waals surface area contributed by atoms with E-state index < -0.39 is 0 Å². The van der Waals surface area contributed by atoms with Crippen LogP contribution in [0.15, 0.2) is 53.8 Å². The number of aliphatic imine (C=N–C) groups is 1. The average molecular weight is 324 g/mol. The van der Waals surface area contributed by atoms with Crippen LogP contribution in [0.2, 0.25) is 0 Å². The standard InChI is InChI=1S/C19H24N4O/c1-19(2,3)14-9-17(12-20-10-14)24-13-16-11-21-18(23-16)22-15-7-5-4-6-8-15/h4-10,12,16H,11,13H2,1-3H3,(H2,21,22,23)/t16-/m0/s1. The second-order valence-corrected chi connectivity index (χ2v) is 6.99. The van der Waals surface area contributed by atoms with Crippen LogP contribution < -0.4 is 15.4 Å². The molecular formula is C19H24N4O. The Balaban J connectivity index is 1.51. The minimum Gasteiger partial charge on any atom is -0.490 e.